The number of thiazole rings is 1. The first-order valence-corrected chi connectivity index (χ1v) is 6.54. The third kappa shape index (κ3) is 2.80. The number of rotatable bonds is 3. The normalized spacial score (nSPS) is 22.2. The topological polar surface area (TPSA) is 66.0 Å². The number of nitrogens with zero attached hydrogens (tertiary/aromatic N) is 2. The van der Waals surface area contributed by atoms with Gasteiger partial charge >= 0.3 is 0 Å². The van der Waals surface area contributed by atoms with Crippen LogP contribution in [-0.2, 0) is 6.54 Å². The number of hydrogen-bond acceptors (Lipinski definition) is 4. The summed E-state index contributed by atoms with van der Waals surface area (Å²) in [4.78, 5) is 6.80. The van der Waals surface area contributed by atoms with Crippen LogP contribution in [0.1, 0.15) is 30.5 Å². The van der Waals surface area contributed by atoms with E-state index in [2.05, 4.69) is 16.8 Å². The fourth-order valence-electron chi connectivity index (χ4n) is 2.13. The van der Waals surface area contributed by atoms with Gasteiger partial charge in [-0.25, -0.2) is 4.98 Å². The Labute approximate surface area is 100.0 Å². The zero-order valence-corrected chi connectivity index (χ0v) is 10.4. The predicted octanol–water partition coefficient (Wildman–Crippen LogP) is 1.66. The number of likely N-dealkylation sites (tertiary alicyclic amines) is 1. The van der Waals surface area contributed by atoms with Crippen LogP contribution >= 0.6 is 11.3 Å². The molecule has 88 valence electrons. The minimum absolute atomic E-state index is 0.0644. The molecule has 0 bridgehead atoms. The molecule has 4 nitrogen and oxygen atoms in total. The molecular formula is C11H18N4S. The zero-order valence-electron chi connectivity index (χ0n) is 9.57. The van der Waals surface area contributed by atoms with E-state index < -0.39 is 0 Å². The van der Waals surface area contributed by atoms with Gasteiger partial charge in [-0.1, -0.05) is 6.92 Å². The highest BCUT2D eigenvalue weighted by Crippen LogP contribution is 2.19. The first-order valence-electron chi connectivity index (χ1n) is 5.66. The molecule has 2 heterocycles. The van der Waals surface area contributed by atoms with E-state index in [0.29, 0.717) is 5.69 Å². The van der Waals surface area contributed by atoms with E-state index in [9.17, 15) is 0 Å². The molecule has 0 spiro atoms. The Hall–Kier alpha value is -0.940. The number of nitrogens with two attached hydrogens (primary N) is 1. The van der Waals surface area contributed by atoms with E-state index in [1.54, 1.807) is 11.3 Å². The van der Waals surface area contributed by atoms with Crippen LogP contribution in [0.25, 0.3) is 0 Å². The van der Waals surface area contributed by atoms with Crippen LogP contribution < -0.4 is 5.73 Å². The molecule has 1 saturated heterocycles. The van der Waals surface area contributed by atoms with Gasteiger partial charge in [0.25, 0.3) is 0 Å². The van der Waals surface area contributed by atoms with Crippen LogP contribution in [0.4, 0.5) is 0 Å². The van der Waals surface area contributed by atoms with Gasteiger partial charge in [0, 0.05) is 11.9 Å². The lowest BCUT2D eigenvalue weighted by atomic mass is 10.0. The van der Waals surface area contributed by atoms with Gasteiger partial charge in [-0.05, 0) is 25.3 Å². The molecule has 0 amide bonds. The highest BCUT2D eigenvalue weighted by Gasteiger charge is 2.17. The lowest BCUT2D eigenvalue weighted by molar-refractivity contribution is 0.176. The number of nitrogens with one attached hydrogen (secondary N) is 1. The molecule has 1 unspecified atom stereocenters. The minimum atomic E-state index is 0.0644. The van der Waals surface area contributed by atoms with Crippen molar-refractivity contribution in [3.63, 3.8) is 0 Å². The van der Waals surface area contributed by atoms with Crippen molar-refractivity contribution < 1.29 is 0 Å². The predicted molar refractivity (Wildman–Crippen MR) is 66.8 cm³/mol. The molecular weight excluding hydrogens is 220 g/mol. The molecule has 3 N–H and O–H groups in total. The van der Waals surface area contributed by atoms with Crippen molar-refractivity contribution in [3.8, 4) is 0 Å². The van der Waals surface area contributed by atoms with Gasteiger partial charge in [0.1, 0.15) is 16.5 Å². The Morgan fingerprint density at radius 3 is 3.19 bits per heavy atom. The Morgan fingerprint density at radius 2 is 2.56 bits per heavy atom. The lowest BCUT2D eigenvalue weighted by Gasteiger charge is -2.29. The molecule has 1 aromatic rings. The summed E-state index contributed by atoms with van der Waals surface area (Å²) in [7, 11) is 0. The molecule has 1 aliphatic rings. The van der Waals surface area contributed by atoms with E-state index in [1.165, 1.54) is 19.4 Å². The second-order valence-electron chi connectivity index (χ2n) is 4.52. The van der Waals surface area contributed by atoms with Gasteiger partial charge < -0.3 is 5.73 Å². The van der Waals surface area contributed by atoms with E-state index in [4.69, 9.17) is 11.1 Å². The van der Waals surface area contributed by atoms with Crippen molar-refractivity contribution in [1.82, 2.24) is 9.88 Å². The van der Waals surface area contributed by atoms with Crippen molar-refractivity contribution >= 4 is 17.2 Å². The second kappa shape index (κ2) is 4.93. The number of aromatic nitrogens is 1. The van der Waals surface area contributed by atoms with Gasteiger partial charge in [-0.2, -0.15) is 0 Å². The minimum Gasteiger partial charge on any atom is -0.382 e. The van der Waals surface area contributed by atoms with Crippen molar-refractivity contribution in [3.05, 3.63) is 16.1 Å². The molecule has 1 atom stereocenters. The average Bonchev–Trinajstić information content (AvgIpc) is 2.66. The molecule has 0 radical (unpaired) electrons. The zero-order chi connectivity index (χ0) is 11.5. The van der Waals surface area contributed by atoms with Gasteiger partial charge in [0.2, 0.25) is 0 Å². The maximum atomic E-state index is 7.31. The molecule has 0 saturated carbocycles. The monoisotopic (exact) mass is 238 g/mol. The molecule has 1 aliphatic heterocycles. The SMILES string of the molecule is CC1CCCN(Cc2nc(C(=N)N)cs2)C1. The number of piperidine rings is 1. The first-order chi connectivity index (χ1) is 7.65. The van der Waals surface area contributed by atoms with Gasteiger partial charge in [-0.3, -0.25) is 10.3 Å². The summed E-state index contributed by atoms with van der Waals surface area (Å²) in [5, 5.41) is 10.2. The van der Waals surface area contributed by atoms with Crippen LogP contribution in [0, 0.1) is 11.3 Å². The number of hydrogen-bond donors (Lipinski definition) is 2. The average molecular weight is 238 g/mol. The first kappa shape index (κ1) is 11.5. The fraction of sp³-hybridized carbons (Fsp3) is 0.636. The van der Waals surface area contributed by atoms with Crippen molar-refractivity contribution in [2.24, 2.45) is 11.7 Å². The summed E-state index contributed by atoms with van der Waals surface area (Å²) in [6.45, 7) is 5.53. The molecule has 2 rings (SSSR count). The summed E-state index contributed by atoms with van der Waals surface area (Å²) < 4.78 is 0. The number of nitrogen functional groups attached to an aromatic ring is 1. The molecule has 0 aliphatic carbocycles. The third-order valence-electron chi connectivity index (χ3n) is 2.93. The Kier molecular flexibility index (Phi) is 3.56. The summed E-state index contributed by atoms with van der Waals surface area (Å²) in [6, 6.07) is 0. The molecule has 0 aromatic carbocycles. The molecule has 1 fully saturated rings. The Balaban J connectivity index is 1.95. The van der Waals surface area contributed by atoms with Gasteiger partial charge in [0.05, 0.1) is 6.54 Å². The standard InChI is InChI=1S/C11H18N4S/c1-8-3-2-4-15(5-8)6-10-14-9(7-16-10)11(12)13/h7-8H,2-6H2,1H3,(H3,12,13). The summed E-state index contributed by atoms with van der Waals surface area (Å²) >= 11 is 1.60. The molecule has 5 heteroatoms. The van der Waals surface area contributed by atoms with Crippen molar-refractivity contribution in [2.45, 2.75) is 26.3 Å². The second-order valence-corrected chi connectivity index (χ2v) is 5.47. The van der Waals surface area contributed by atoms with E-state index in [1.807, 2.05) is 5.38 Å². The highest BCUT2D eigenvalue weighted by molar-refractivity contribution is 7.09. The Bertz CT molecular complexity index is 374. The van der Waals surface area contributed by atoms with Crippen molar-refractivity contribution in [2.75, 3.05) is 13.1 Å². The molecule has 16 heavy (non-hydrogen) atoms. The van der Waals surface area contributed by atoms with Gasteiger partial charge in [0.15, 0.2) is 0 Å². The lowest BCUT2D eigenvalue weighted by Crippen LogP contribution is -2.33. The number of amidine groups is 1. The molecule has 1 aromatic heterocycles. The van der Waals surface area contributed by atoms with Crippen LogP contribution in [0.5, 0.6) is 0 Å². The Morgan fingerprint density at radius 1 is 1.75 bits per heavy atom. The summed E-state index contributed by atoms with van der Waals surface area (Å²) in [5.74, 6) is 0.857. The highest BCUT2D eigenvalue weighted by atomic mass is 32.1. The maximum Gasteiger partial charge on any atom is 0.142 e. The maximum absolute atomic E-state index is 7.31. The van der Waals surface area contributed by atoms with E-state index in [0.717, 1.165) is 24.0 Å². The fourth-order valence-corrected chi connectivity index (χ4v) is 2.96. The van der Waals surface area contributed by atoms with Crippen LogP contribution in [0.3, 0.4) is 0 Å². The van der Waals surface area contributed by atoms with E-state index in [-0.39, 0.29) is 5.84 Å². The van der Waals surface area contributed by atoms with Crippen LogP contribution in [-0.4, -0.2) is 28.8 Å². The third-order valence-corrected chi connectivity index (χ3v) is 3.76. The van der Waals surface area contributed by atoms with Crippen LogP contribution in [0.2, 0.25) is 0 Å². The smallest absolute Gasteiger partial charge is 0.142 e. The van der Waals surface area contributed by atoms with E-state index >= 15 is 0 Å². The van der Waals surface area contributed by atoms with Gasteiger partial charge in [-0.15, -0.1) is 11.3 Å². The van der Waals surface area contributed by atoms with Crippen molar-refractivity contribution in [1.29, 1.82) is 5.41 Å². The largest absolute Gasteiger partial charge is 0.382 e. The van der Waals surface area contributed by atoms with Crippen LogP contribution in [0.15, 0.2) is 5.38 Å². The summed E-state index contributed by atoms with van der Waals surface area (Å²) in [6.07, 6.45) is 2.62. The summed E-state index contributed by atoms with van der Waals surface area (Å²) in [5.41, 5.74) is 6.01. The quantitative estimate of drug-likeness (QED) is 0.621.